The van der Waals surface area contributed by atoms with Crippen LogP contribution < -0.4 is 5.32 Å². The van der Waals surface area contributed by atoms with E-state index in [0.717, 1.165) is 0 Å². The van der Waals surface area contributed by atoms with E-state index in [2.05, 4.69) is 26.1 Å². The van der Waals surface area contributed by atoms with Gasteiger partial charge in [-0.25, -0.2) is 4.39 Å². The summed E-state index contributed by atoms with van der Waals surface area (Å²) < 4.78 is 13.1. The maximum atomic E-state index is 13.1. The van der Waals surface area contributed by atoms with Gasteiger partial charge in [0, 0.05) is 11.3 Å². The molecule has 2 aromatic carbocycles. The molecule has 1 amide bonds. The number of hydrogen-bond donors (Lipinski definition) is 1. The van der Waals surface area contributed by atoms with Crippen molar-refractivity contribution in [2.24, 2.45) is 0 Å². The Bertz CT molecular complexity index is 612. The summed E-state index contributed by atoms with van der Waals surface area (Å²) >= 11 is 0. The molecule has 0 atom stereocenters. The van der Waals surface area contributed by atoms with E-state index in [1.54, 1.807) is 6.07 Å². The maximum absolute atomic E-state index is 13.1. The molecule has 0 spiro atoms. The number of rotatable bonds is 2. The molecule has 0 unspecified atom stereocenters. The monoisotopic (exact) mass is 271 g/mol. The van der Waals surface area contributed by atoms with Gasteiger partial charge in [-0.3, -0.25) is 4.79 Å². The second-order valence-electron chi connectivity index (χ2n) is 5.79. The molecule has 0 aromatic heterocycles. The molecule has 104 valence electrons. The first-order valence-corrected chi connectivity index (χ1v) is 6.54. The molecule has 0 aliphatic rings. The number of nitrogens with one attached hydrogen (secondary N) is 1. The molecule has 0 radical (unpaired) electrons. The Hall–Kier alpha value is -2.16. The van der Waals surface area contributed by atoms with Crippen LogP contribution in [0, 0.1) is 5.82 Å². The minimum absolute atomic E-state index is 0.0745. The number of anilines is 1. The average Bonchev–Trinajstić information content (AvgIpc) is 2.38. The van der Waals surface area contributed by atoms with Crippen molar-refractivity contribution in [2.75, 3.05) is 5.32 Å². The van der Waals surface area contributed by atoms with Crippen LogP contribution in [0.15, 0.2) is 48.5 Å². The summed E-state index contributed by atoms with van der Waals surface area (Å²) in [6, 6.07) is 13.3. The average molecular weight is 271 g/mol. The summed E-state index contributed by atoms with van der Waals surface area (Å²) in [5, 5.41) is 2.76. The van der Waals surface area contributed by atoms with Crippen LogP contribution in [0.4, 0.5) is 10.1 Å². The van der Waals surface area contributed by atoms with Gasteiger partial charge in [0.1, 0.15) is 5.82 Å². The van der Waals surface area contributed by atoms with Crippen molar-refractivity contribution in [3.63, 3.8) is 0 Å². The predicted octanol–water partition coefficient (Wildman–Crippen LogP) is 4.38. The van der Waals surface area contributed by atoms with E-state index in [1.807, 2.05) is 24.3 Å². The molecular formula is C17H18FNO. The second kappa shape index (κ2) is 5.45. The van der Waals surface area contributed by atoms with Crippen molar-refractivity contribution in [2.45, 2.75) is 26.2 Å². The number of hydrogen-bond acceptors (Lipinski definition) is 1. The highest BCUT2D eigenvalue weighted by Crippen LogP contribution is 2.23. The topological polar surface area (TPSA) is 29.1 Å². The molecular weight excluding hydrogens is 253 g/mol. The fourth-order valence-corrected chi connectivity index (χ4v) is 1.89. The van der Waals surface area contributed by atoms with E-state index in [-0.39, 0.29) is 11.3 Å². The quantitative estimate of drug-likeness (QED) is 0.863. The Morgan fingerprint density at radius 3 is 2.25 bits per heavy atom. The van der Waals surface area contributed by atoms with Crippen molar-refractivity contribution < 1.29 is 9.18 Å². The molecule has 0 saturated heterocycles. The lowest BCUT2D eigenvalue weighted by Gasteiger charge is -2.19. The predicted molar refractivity (Wildman–Crippen MR) is 79.5 cm³/mol. The van der Waals surface area contributed by atoms with Crippen LogP contribution in [0.1, 0.15) is 36.7 Å². The highest BCUT2D eigenvalue weighted by molar-refractivity contribution is 6.04. The lowest BCUT2D eigenvalue weighted by molar-refractivity contribution is 0.102. The number of halogens is 1. The Labute approximate surface area is 118 Å². The first-order chi connectivity index (χ1) is 9.36. The minimum Gasteiger partial charge on any atom is -0.322 e. The summed E-state index contributed by atoms with van der Waals surface area (Å²) in [6.07, 6.45) is 0. The molecule has 20 heavy (non-hydrogen) atoms. The fraction of sp³-hybridized carbons (Fsp3) is 0.235. The second-order valence-corrected chi connectivity index (χ2v) is 5.79. The Morgan fingerprint density at radius 1 is 1.05 bits per heavy atom. The van der Waals surface area contributed by atoms with Crippen LogP contribution in [-0.2, 0) is 5.41 Å². The number of benzene rings is 2. The van der Waals surface area contributed by atoms with Gasteiger partial charge in [0.2, 0.25) is 0 Å². The summed E-state index contributed by atoms with van der Waals surface area (Å²) in [6.45, 7) is 6.40. The summed E-state index contributed by atoms with van der Waals surface area (Å²) in [7, 11) is 0. The van der Waals surface area contributed by atoms with E-state index >= 15 is 0 Å². The first-order valence-electron chi connectivity index (χ1n) is 6.54. The molecule has 0 fully saturated rings. The van der Waals surface area contributed by atoms with Crippen LogP contribution in [0.25, 0.3) is 0 Å². The smallest absolute Gasteiger partial charge is 0.255 e. The highest BCUT2D eigenvalue weighted by Gasteiger charge is 2.13. The number of carbonyl (C=O) groups excluding carboxylic acids is 1. The number of carbonyl (C=O) groups is 1. The SMILES string of the molecule is CC(C)(C)c1ccc(NC(=O)c2cccc(F)c2)cc1. The molecule has 2 aromatic rings. The van der Waals surface area contributed by atoms with Crippen LogP contribution in [-0.4, -0.2) is 5.91 Å². The first kappa shape index (κ1) is 14.3. The normalized spacial score (nSPS) is 11.2. The van der Waals surface area contributed by atoms with Crippen molar-refractivity contribution in [3.8, 4) is 0 Å². The zero-order valence-corrected chi connectivity index (χ0v) is 11.9. The third-order valence-electron chi connectivity index (χ3n) is 3.10. The summed E-state index contributed by atoms with van der Waals surface area (Å²) in [4.78, 5) is 12.0. The molecule has 0 bridgehead atoms. The molecule has 0 aliphatic heterocycles. The van der Waals surface area contributed by atoms with Crippen molar-refractivity contribution >= 4 is 11.6 Å². The molecule has 1 N–H and O–H groups in total. The van der Waals surface area contributed by atoms with Gasteiger partial charge in [0.25, 0.3) is 5.91 Å². The van der Waals surface area contributed by atoms with Gasteiger partial charge in [-0.1, -0.05) is 39.0 Å². The van der Waals surface area contributed by atoms with Crippen LogP contribution in [0.3, 0.4) is 0 Å². The number of amides is 1. The molecule has 0 aliphatic carbocycles. The van der Waals surface area contributed by atoms with Gasteiger partial charge in [-0.2, -0.15) is 0 Å². The van der Waals surface area contributed by atoms with Crippen LogP contribution in [0.5, 0.6) is 0 Å². The van der Waals surface area contributed by atoms with Gasteiger partial charge in [-0.05, 0) is 41.3 Å². The lowest BCUT2D eigenvalue weighted by atomic mass is 9.87. The van der Waals surface area contributed by atoms with Crippen molar-refractivity contribution in [1.29, 1.82) is 0 Å². The molecule has 2 rings (SSSR count). The van der Waals surface area contributed by atoms with Crippen LogP contribution in [0.2, 0.25) is 0 Å². The van der Waals surface area contributed by atoms with Crippen molar-refractivity contribution in [3.05, 3.63) is 65.5 Å². The molecule has 0 saturated carbocycles. The zero-order chi connectivity index (χ0) is 14.8. The summed E-state index contributed by atoms with van der Waals surface area (Å²) in [5.41, 5.74) is 2.28. The molecule has 3 heteroatoms. The van der Waals surface area contributed by atoms with Crippen LogP contribution >= 0.6 is 0 Å². The highest BCUT2D eigenvalue weighted by atomic mass is 19.1. The molecule has 2 nitrogen and oxygen atoms in total. The Morgan fingerprint density at radius 2 is 1.70 bits per heavy atom. The van der Waals surface area contributed by atoms with Gasteiger partial charge in [0.05, 0.1) is 0 Å². The van der Waals surface area contributed by atoms with E-state index in [0.29, 0.717) is 11.3 Å². The standard InChI is InChI=1S/C17H18FNO/c1-17(2,3)13-7-9-15(10-8-13)19-16(20)12-5-4-6-14(18)11-12/h4-11H,1-3H3,(H,19,20). The van der Waals surface area contributed by atoms with Gasteiger partial charge in [0.15, 0.2) is 0 Å². The Kier molecular flexibility index (Phi) is 3.89. The maximum Gasteiger partial charge on any atom is 0.255 e. The molecule has 0 heterocycles. The minimum atomic E-state index is -0.416. The van der Waals surface area contributed by atoms with E-state index in [4.69, 9.17) is 0 Å². The Balaban J connectivity index is 2.12. The van der Waals surface area contributed by atoms with E-state index in [1.165, 1.54) is 23.8 Å². The van der Waals surface area contributed by atoms with Gasteiger partial charge in [-0.15, -0.1) is 0 Å². The van der Waals surface area contributed by atoms with Gasteiger partial charge >= 0.3 is 0 Å². The van der Waals surface area contributed by atoms with Gasteiger partial charge < -0.3 is 5.32 Å². The van der Waals surface area contributed by atoms with E-state index < -0.39 is 5.82 Å². The van der Waals surface area contributed by atoms with Crippen molar-refractivity contribution in [1.82, 2.24) is 0 Å². The third kappa shape index (κ3) is 3.44. The third-order valence-corrected chi connectivity index (χ3v) is 3.10. The van der Waals surface area contributed by atoms with E-state index in [9.17, 15) is 9.18 Å². The largest absolute Gasteiger partial charge is 0.322 e. The zero-order valence-electron chi connectivity index (χ0n) is 11.9. The lowest BCUT2D eigenvalue weighted by Crippen LogP contribution is -2.13. The fourth-order valence-electron chi connectivity index (χ4n) is 1.89. The summed E-state index contributed by atoms with van der Waals surface area (Å²) in [5.74, 6) is -0.728.